The molecule has 1 aromatic heterocycles. The highest BCUT2D eigenvalue weighted by Crippen LogP contribution is 2.11. The minimum Gasteiger partial charge on any atom is -0.232 e. The molecular formula is C9H11N2O2S+. The molecule has 0 saturated heterocycles. The van der Waals surface area contributed by atoms with Crippen LogP contribution in [0.2, 0.25) is 0 Å². The van der Waals surface area contributed by atoms with Gasteiger partial charge in [0.15, 0.2) is 11.0 Å². The number of fused-ring (bicyclic) bond motifs is 1. The molecule has 0 aliphatic carbocycles. The van der Waals surface area contributed by atoms with Crippen LogP contribution < -0.4 is 4.57 Å². The smallest absolute Gasteiger partial charge is 0.232 e. The van der Waals surface area contributed by atoms with Crippen molar-refractivity contribution in [3.63, 3.8) is 0 Å². The van der Waals surface area contributed by atoms with Crippen molar-refractivity contribution in [2.75, 3.05) is 6.26 Å². The third kappa shape index (κ3) is 1.29. The second-order valence-electron chi connectivity index (χ2n) is 3.27. The molecule has 0 aliphatic rings. The van der Waals surface area contributed by atoms with E-state index in [1.54, 1.807) is 17.0 Å². The Hall–Kier alpha value is -1.36. The van der Waals surface area contributed by atoms with E-state index < -0.39 is 10.0 Å². The molecule has 14 heavy (non-hydrogen) atoms. The van der Waals surface area contributed by atoms with Gasteiger partial charge in [-0.2, -0.15) is 8.42 Å². The predicted octanol–water partition coefficient (Wildman–Crippen LogP) is 0.273. The molecule has 0 spiro atoms. The van der Waals surface area contributed by atoms with Crippen LogP contribution in [-0.4, -0.2) is 18.6 Å². The number of rotatable bonds is 1. The van der Waals surface area contributed by atoms with Crippen LogP contribution in [0, 0.1) is 0 Å². The van der Waals surface area contributed by atoms with Gasteiger partial charge in [-0.05, 0) is 12.1 Å². The van der Waals surface area contributed by atoms with Gasteiger partial charge < -0.3 is 0 Å². The lowest BCUT2D eigenvalue weighted by Crippen LogP contribution is -2.26. The second kappa shape index (κ2) is 2.81. The summed E-state index contributed by atoms with van der Waals surface area (Å²) in [6, 6.07) is 7.38. The van der Waals surface area contributed by atoms with Gasteiger partial charge in [0.05, 0.1) is 13.3 Å². The number of hydrogen-bond donors (Lipinski definition) is 0. The van der Waals surface area contributed by atoms with E-state index in [0.29, 0.717) is 5.52 Å². The summed E-state index contributed by atoms with van der Waals surface area (Å²) in [5.74, 6) is 0. The van der Waals surface area contributed by atoms with Gasteiger partial charge in [-0.25, -0.2) is 4.57 Å². The lowest BCUT2D eigenvalue weighted by atomic mass is 10.3. The van der Waals surface area contributed by atoms with Crippen molar-refractivity contribution in [1.82, 2.24) is 3.97 Å². The van der Waals surface area contributed by atoms with Gasteiger partial charge in [0, 0.05) is 0 Å². The third-order valence-electron chi connectivity index (χ3n) is 2.13. The molecule has 1 aromatic carbocycles. The van der Waals surface area contributed by atoms with E-state index in [2.05, 4.69) is 0 Å². The Balaban J connectivity index is 2.93. The Morgan fingerprint density at radius 2 is 1.93 bits per heavy atom. The average molecular weight is 211 g/mol. The van der Waals surface area contributed by atoms with Crippen molar-refractivity contribution in [3.8, 4) is 0 Å². The van der Waals surface area contributed by atoms with E-state index >= 15 is 0 Å². The Labute approximate surface area is 82.5 Å². The van der Waals surface area contributed by atoms with E-state index in [1.807, 2.05) is 25.2 Å². The van der Waals surface area contributed by atoms with Crippen LogP contribution in [0.4, 0.5) is 0 Å². The molecule has 2 rings (SSSR count). The summed E-state index contributed by atoms with van der Waals surface area (Å²) in [6.07, 6.45) is 2.76. The number of benzene rings is 1. The van der Waals surface area contributed by atoms with E-state index in [9.17, 15) is 8.42 Å². The van der Waals surface area contributed by atoms with E-state index in [-0.39, 0.29) is 0 Å². The molecule has 5 heteroatoms. The lowest BCUT2D eigenvalue weighted by Gasteiger charge is -1.90. The van der Waals surface area contributed by atoms with Crippen LogP contribution in [0.25, 0.3) is 11.0 Å². The van der Waals surface area contributed by atoms with Crippen LogP contribution in [0.3, 0.4) is 0 Å². The van der Waals surface area contributed by atoms with Crippen molar-refractivity contribution in [2.24, 2.45) is 7.05 Å². The minimum absolute atomic E-state index is 0.706. The molecule has 74 valence electrons. The maximum Gasteiger partial charge on any atom is 0.302 e. The predicted molar refractivity (Wildman–Crippen MR) is 53.4 cm³/mol. The van der Waals surface area contributed by atoms with Crippen molar-refractivity contribution in [2.45, 2.75) is 0 Å². The van der Waals surface area contributed by atoms with E-state index in [4.69, 9.17) is 0 Å². The van der Waals surface area contributed by atoms with Gasteiger partial charge in [0.2, 0.25) is 0 Å². The maximum atomic E-state index is 11.4. The zero-order valence-corrected chi connectivity index (χ0v) is 8.82. The topological polar surface area (TPSA) is 43.0 Å². The first-order chi connectivity index (χ1) is 6.50. The highest BCUT2D eigenvalue weighted by molar-refractivity contribution is 7.89. The first-order valence-corrected chi connectivity index (χ1v) is 6.01. The third-order valence-corrected chi connectivity index (χ3v) is 3.14. The zero-order chi connectivity index (χ0) is 10.3. The monoisotopic (exact) mass is 211 g/mol. The summed E-state index contributed by atoms with van der Waals surface area (Å²) >= 11 is 0. The number of imidazole rings is 1. The second-order valence-corrected chi connectivity index (χ2v) is 5.13. The van der Waals surface area contributed by atoms with Crippen molar-refractivity contribution >= 4 is 21.1 Å². The zero-order valence-electron chi connectivity index (χ0n) is 8.01. The van der Waals surface area contributed by atoms with Crippen LogP contribution in [0.1, 0.15) is 0 Å². The van der Waals surface area contributed by atoms with Crippen molar-refractivity contribution in [3.05, 3.63) is 30.6 Å². The fraction of sp³-hybridized carbons (Fsp3) is 0.222. The number of aromatic nitrogens is 2. The number of hydrogen-bond acceptors (Lipinski definition) is 2. The quantitative estimate of drug-likeness (QED) is 0.636. The Morgan fingerprint density at radius 3 is 2.57 bits per heavy atom. The van der Waals surface area contributed by atoms with Gasteiger partial charge in [0.25, 0.3) is 6.33 Å². The molecule has 0 N–H and O–H groups in total. The summed E-state index contributed by atoms with van der Waals surface area (Å²) in [5, 5.41) is 0. The normalized spacial score (nSPS) is 12.1. The van der Waals surface area contributed by atoms with Crippen LogP contribution in [0.15, 0.2) is 30.6 Å². The van der Waals surface area contributed by atoms with Crippen molar-refractivity contribution in [1.29, 1.82) is 0 Å². The van der Waals surface area contributed by atoms with Crippen LogP contribution in [-0.2, 0) is 17.1 Å². The summed E-state index contributed by atoms with van der Waals surface area (Å²) < 4.78 is 25.9. The van der Waals surface area contributed by atoms with Gasteiger partial charge in [-0.1, -0.05) is 12.1 Å². The number of para-hydroxylation sites is 2. The summed E-state index contributed by atoms with van der Waals surface area (Å²) in [6.45, 7) is 0. The van der Waals surface area contributed by atoms with Gasteiger partial charge in [-0.3, -0.25) is 0 Å². The average Bonchev–Trinajstić information content (AvgIpc) is 2.44. The molecule has 0 unspecified atom stereocenters. The molecular weight excluding hydrogens is 200 g/mol. The summed E-state index contributed by atoms with van der Waals surface area (Å²) in [5.41, 5.74) is 1.61. The number of nitrogens with zero attached hydrogens (tertiary/aromatic N) is 2. The molecule has 0 radical (unpaired) electrons. The molecule has 2 aromatic rings. The van der Waals surface area contributed by atoms with E-state index in [1.165, 1.54) is 10.2 Å². The van der Waals surface area contributed by atoms with Gasteiger partial charge in [-0.15, -0.1) is 3.97 Å². The lowest BCUT2D eigenvalue weighted by molar-refractivity contribution is -0.645. The minimum atomic E-state index is -3.21. The van der Waals surface area contributed by atoms with Gasteiger partial charge in [0.1, 0.15) is 0 Å². The Morgan fingerprint density at radius 1 is 1.29 bits per heavy atom. The molecule has 1 heterocycles. The van der Waals surface area contributed by atoms with Crippen LogP contribution >= 0.6 is 0 Å². The van der Waals surface area contributed by atoms with Gasteiger partial charge >= 0.3 is 10.0 Å². The summed E-state index contributed by atoms with van der Waals surface area (Å²) in [4.78, 5) is 0. The Kier molecular flexibility index (Phi) is 1.85. The highest BCUT2D eigenvalue weighted by atomic mass is 32.2. The van der Waals surface area contributed by atoms with Crippen molar-refractivity contribution < 1.29 is 13.0 Å². The molecule has 0 amide bonds. The molecule has 0 bridgehead atoms. The molecule has 4 nitrogen and oxygen atoms in total. The van der Waals surface area contributed by atoms with E-state index in [0.717, 1.165) is 5.52 Å². The standard InChI is InChI=1S/C9H11N2O2S/c1-10-7-11(14(2,12)13)9-6-4-3-5-8(9)10/h3-7H,1-2H3/q+1. The molecule has 0 saturated carbocycles. The number of aryl methyl sites for hydroxylation is 1. The summed E-state index contributed by atoms with van der Waals surface area (Å²) in [7, 11) is -1.39. The maximum absolute atomic E-state index is 11.4. The largest absolute Gasteiger partial charge is 0.302 e. The highest BCUT2D eigenvalue weighted by Gasteiger charge is 2.19. The fourth-order valence-corrected chi connectivity index (χ4v) is 2.32. The van der Waals surface area contributed by atoms with Crippen LogP contribution in [0.5, 0.6) is 0 Å². The Bertz CT molecular complexity index is 584. The first-order valence-electron chi connectivity index (χ1n) is 4.16. The SMILES string of the molecule is C[n+]1cn(S(C)(=O)=O)c2ccccc21. The molecule has 0 atom stereocenters. The fourth-order valence-electron chi connectivity index (χ4n) is 1.49. The first kappa shape index (κ1) is 9.21. The molecule has 0 fully saturated rings. The molecule has 0 aliphatic heterocycles.